The van der Waals surface area contributed by atoms with Gasteiger partial charge in [0.15, 0.2) is 0 Å². The van der Waals surface area contributed by atoms with Gasteiger partial charge in [0.1, 0.15) is 11.9 Å². The van der Waals surface area contributed by atoms with Crippen LogP contribution in [-0.4, -0.2) is 41.7 Å². The molecule has 0 aromatic heterocycles. The molecule has 0 fully saturated rings. The standard InChI is InChI=1S/C21H26N4O5S2/c1-14(2)19(24-20-17-6-4-5-7-18(17)32(29,30)25-20)21(26)23-12-15-8-10-16(11-9-15)13-31(27,28)22-3/h4-11,14,19,22H,12-13H2,1-3H3,(H,23,26)(H,24,25)/t19-/m0/s1. The third kappa shape index (κ3) is 5.53. The smallest absolute Gasteiger partial charge is 0.263 e. The van der Waals surface area contributed by atoms with Gasteiger partial charge in [0, 0.05) is 12.1 Å². The number of carbonyl (C=O) groups excluding carboxylic acids is 1. The lowest BCUT2D eigenvalue weighted by Crippen LogP contribution is -2.38. The van der Waals surface area contributed by atoms with Crippen molar-refractivity contribution in [3.63, 3.8) is 0 Å². The molecule has 2 aromatic carbocycles. The number of rotatable bonds is 8. The van der Waals surface area contributed by atoms with Crippen LogP contribution in [0, 0.1) is 5.92 Å². The van der Waals surface area contributed by atoms with Crippen molar-refractivity contribution in [2.45, 2.75) is 37.1 Å². The van der Waals surface area contributed by atoms with E-state index in [1.807, 2.05) is 13.8 Å². The maximum Gasteiger partial charge on any atom is 0.263 e. The summed E-state index contributed by atoms with van der Waals surface area (Å²) < 4.78 is 52.6. The SMILES string of the molecule is CNS(=O)(=O)Cc1ccc(CNC(=O)[C@@H](N=C2NS(=O)(=O)c3ccccc32)C(C)C)cc1. The van der Waals surface area contributed by atoms with E-state index in [0.29, 0.717) is 11.1 Å². The number of amides is 1. The highest BCUT2D eigenvalue weighted by atomic mass is 32.2. The summed E-state index contributed by atoms with van der Waals surface area (Å²) in [6, 6.07) is 12.6. The number of nitrogens with zero attached hydrogens (tertiary/aromatic N) is 1. The van der Waals surface area contributed by atoms with E-state index >= 15 is 0 Å². The first-order valence-corrected chi connectivity index (χ1v) is 13.1. The zero-order chi connectivity index (χ0) is 23.5. The maximum atomic E-state index is 12.8. The average molecular weight is 479 g/mol. The van der Waals surface area contributed by atoms with Crippen LogP contribution in [0.3, 0.4) is 0 Å². The molecule has 1 aliphatic heterocycles. The molecule has 0 aliphatic carbocycles. The minimum Gasteiger partial charge on any atom is -0.350 e. The van der Waals surface area contributed by atoms with E-state index in [9.17, 15) is 21.6 Å². The average Bonchev–Trinajstić information content (AvgIpc) is 3.01. The van der Waals surface area contributed by atoms with E-state index in [-0.39, 0.29) is 34.9 Å². The second-order valence-corrected chi connectivity index (χ2v) is 11.3. The van der Waals surface area contributed by atoms with Crippen LogP contribution < -0.4 is 14.8 Å². The van der Waals surface area contributed by atoms with Crippen molar-refractivity contribution in [2.24, 2.45) is 10.9 Å². The van der Waals surface area contributed by atoms with Crippen LogP contribution in [0.1, 0.15) is 30.5 Å². The van der Waals surface area contributed by atoms with Crippen molar-refractivity contribution < 1.29 is 21.6 Å². The minimum atomic E-state index is -3.69. The van der Waals surface area contributed by atoms with Crippen LogP contribution in [-0.2, 0) is 37.1 Å². The molecule has 0 bridgehead atoms. The molecule has 0 saturated heterocycles. The Kier molecular flexibility index (Phi) is 7.01. The normalized spacial score (nSPS) is 17.1. The van der Waals surface area contributed by atoms with E-state index in [0.717, 1.165) is 5.56 Å². The zero-order valence-electron chi connectivity index (χ0n) is 18.0. The van der Waals surface area contributed by atoms with Crippen molar-refractivity contribution in [1.82, 2.24) is 14.8 Å². The fourth-order valence-electron chi connectivity index (χ4n) is 3.22. The Morgan fingerprint density at radius 1 is 1.06 bits per heavy atom. The lowest BCUT2D eigenvalue weighted by Gasteiger charge is -2.17. The van der Waals surface area contributed by atoms with Gasteiger partial charge >= 0.3 is 0 Å². The van der Waals surface area contributed by atoms with Gasteiger partial charge in [0.25, 0.3) is 10.0 Å². The third-order valence-corrected chi connectivity index (χ3v) is 7.72. The van der Waals surface area contributed by atoms with Gasteiger partial charge in [-0.25, -0.2) is 21.6 Å². The molecule has 172 valence electrons. The number of nitrogens with one attached hydrogen (secondary N) is 3. The van der Waals surface area contributed by atoms with Crippen LogP contribution in [0.15, 0.2) is 58.4 Å². The van der Waals surface area contributed by atoms with E-state index < -0.39 is 26.1 Å². The molecule has 11 heteroatoms. The zero-order valence-corrected chi connectivity index (χ0v) is 19.6. The Hall–Kier alpha value is -2.76. The largest absolute Gasteiger partial charge is 0.350 e. The summed E-state index contributed by atoms with van der Waals surface area (Å²) in [6.07, 6.45) is 0. The Bertz CT molecular complexity index is 1240. The number of benzene rings is 2. The molecule has 1 atom stereocenters. The number of sulfonamides is 2. The fraction of sp³-hybridized carbons (Fsp3) is 0.333. The van der Waals surface area contributed by atoms with E-state index in [4.69, 9.17) is 0 Å². The summed E-state index contributed by atoms with van der Waals surface area (Å²) in [6.45, 7) is 3.90. The van der Waals surface area contributed by atoms with Gasteiger partial charge in [-0.3, -0.25) is 14.5 Å². The Balaban J connectivity index is 1.71. The van der Waals surface area contributed by atoms with Gasteiger partial charge in [-0.05, 0) is 36.2 Å². The Morgan fingerprint density at radius 3 is 2.31 bits per heavy atom. The van der Waals surface area contributed by atoms with E-state index in [2.05, 4.69) is 19.8 Å². The Labute approximate surface area is 188 Å². The van der Waals surface area contributed by atoms with Crippen molar-refractivity contribution in [3.05, 3.63) is 65.2 Å². The molecule has 1 amide bonds. The quantitative estimate of drug-likeness (QED) is 0.523. The number of amidine groups is 1. The van der Waals surface area contributed by atoms with Crippen LogP contribution >= 0.6 is 0 Å². The van der Waals surface area contributed by atoms with Crippen molar-refractivity contribution in [3.8, 4) is 0 Å². The molecular formula is C21H26N4O5S2. The third-order valence-electron chi connectivity index (χ3n) is 4.99. The summed E-state index contributed by atoms with van der Waals surface area (Å²) in [5, 5.41) is 2.82. The van der Waals surface area contributed by atoms with Crippen LogP contribution in [0.5, 0.6) is 0 Å². The highest BCUT2D eigenvalue weighted by Gasteiger charge is 2.32. The topological polar surface area (TPSA) is 134 Å². The Morgan fingerprint density at radius 2 is 1.69 bits per heavy atom. The second kappa shape index (κ2) is 9.39. The second-order valence-electron chi connectivity index (χ2n) is 7.77. The number of fused-ring (bicyclic) bond motifs is 1. The summed E-state index contributed by atoms with van der Waals surface area (Å²) >= 11 is 0. The van der Waals surface area contributed by atoms with E-state index in [1.165, 1.54) is 13.1 Å². The lowest BCUT2D eigenvalue weighted by atomic mass is 10.0. The molecule has 0 radical (unpaired) electrons. The minimum absolute atomic E-state index is 0.125. The van der Waals surface area contributed by atoms with Crippen LogP contribution in [0.25, 0.3) is 0 Å². The molecule has 0 unspecified atom stereocenters. The first-order valence-electron chi connectivity index (χ1n) is 9.99. The molecular weight excluding hydrogens is 452 g/mol. The highest BCUT2D eigenvalue weighted by Crippen LogP contribution is 2.23. The van der Waals surface area contributed by atoms with E-state index in [1.54, 1.807) is 42.5 Å². The molecule has 3 N–H and O–H groups in total. The van der Waals surface area contributed by atoms with Crippen molar-refractivity contribution >= 4 is 31.8 Å². The molecule has 3 rings (SSSR count). The van der Waals surface area contributed by atoms with Gasteiger partial charge in [0.05, 0.1) is 10.6 Å². The number of hydrogen-bond donors (Lipinski definition) is 3. The molecule has 9 nitrogen and oxygen atoms in total. The number of aliphatic imine (C=N–C) groups is 1. The monoisotopic (exact) mass is 478 g/mol. The number of hydrogen-bond acceptors (Lipinski definition) is 6. The molecule has 2 aromatic rings. The van der Waals surface area contributed by atoms with Gasteiger partial charge in [0.2, 0.25) is 15.9 Å². The maximum absolute atomic E-state index is 12.8. The molecule has 32 heavy (non-hydrogen) atoms. The summed E-state index contributed by atoms with van der Waals surface area (Å²) in [5.41, 5.74) is 1.87. The van der Waals surface area contributed by atoms with Crippen molar-refractivity contribution in [1.29, 1.82) is 0 Å². The number of carbonyl (C=O) groups is 1. The summed E-state index contributed by atoms with van der Waals surface area (Å²) in [7, 11) is -5.68. The van der Waals surface area contributed by atoms with Gasteiger partial charge in [-0.2, -0.15) is 0 Å². The lowest BCUT2D eigenvalue weighted by molar-refractivity contribution is -0.123. The predicted molar refractivity (Wildman–Crippen MR) is 122 cm³/mol. The van der Waals surface area contributed by atoms with Crippen LogP contribution in [0.4, 0.5) is 0 Å². The van der Waals surface area contributed by atoms with Gasteiger partial charge < -0.3 is 5.32 Å². The van der Waals surface area contributed by atoms with Crippen LogP contribution in [0.2, 0.25) is 0 Å². The molecule has 0 spiro atoms. The fourth-order valence-corrected chi connectivity index (χ4v) is 5.23. The first kappa shape index (κ1) is 23.9. The van der Waals surface area contributed by atoms with Gasteiger partial charge in [-0.15, -0.1) is 0 Å². The highest BCUT2D eigenvalue weighted by molar-refractivity contribution is 7.90. The molecule has 1 heterocycles. The first-order chi connectivity index (χ1) is 15.0. The summed E-state index contributed by atoms with van der Waals surface area (Å²) in [4.78, 5) is 17.4. The predicted octanol–water partition coefficient (Wildman–Crippen LogP) is 1.12. The van der Waals surface area contributed by atoms with Crippen molar-refractivity contribution in [2.75, 3.05) is 7.05 Å². The summed E-state index contributed by atoms with van der Waals surface area (Å²) in [5.74, 6) is -0.475. The molecule has 0 saturated carbocycles. The molecule has 1 aliphatic rings. The van der Waals surface area contributed by atoms with Gasteiger partial charge in [-0.1, -0.05) is 50.2 Å².